The molecule has 0 radical (unpaired) electrons. The van der Waals surface area contributed by atoms with Crippen molar-refractivity contribution >= 4 is 38.9 Å². The number of amides is 2. The summed E-state index contributed by atoms with van der Waals surface area (Å²) in [5.41, 5.74) is 0.770. The van der Waals surface area contributed by atoms with E-state index in [4.69, 9.17) is 0 Å². The molecule has 0 aliphatic carbocycles. The second-order valence-corrected chi connectivity index (χ2v) is 7.93. The van der Waals surface area contributed by atoms with Crippen LogP contribution in [0.25, 0.3) is 0 Å². The fourth-order valence-electron chi connectivity index (χ4n) is 2.46. The maximum Gasteiger partial charge on any atom is 0.269 e. The molecule has 29 heavy (non-hydrogen) atoms. The Morgan fingerprint density at radius 2 is 1.52 bits per heavy atom. The van der Waals surface area contributed by atoms with E-state index < -0.39 is 27.4 Å². The lowest BCUT2D eigenvalue weighted by Crippen LogP contribution is -2.37. The molecule has 2 aromatic rings. The van der Waals surface area contributed by atoms with Gasteiger partial charge in [-0.25, -0.2) is 8.42 Å². The van der Waals surface area contributed by atoms with Crippen LogP contribution in [0, 0.1) is 10.1 Å². The number of nitrogens with one attached hydrogen (secondary N) is 2. The average molecular weight is 420 g/mol. The monoisotopic (exact) mass is 420 g/mol. The highest BCUT2D eigenvalue weighted by atomic mass is 32.2. The summed E-state index contributed by atoms with van der Waals surface area (Å²) in [5.74, 6) is -0.776. The second-order valence-electron chi connectivity index (χ2n) is 5.99. The molecule has 0 bridgehead atoms. The Morgan fingerprint density at radius 1 is 1.00 bits per heavy atom. The molecule has 0 aliphatic heterocycles. The number of likely N-dealkylation sites (N-methyl/N-ethyl adjacent to an activating group) is 1. The molecule has 0 saturated heterocycles. The number of rotatable bonds is 8. The summed E-state index contributed by atoms with van der Waals surface area (Å²) in [6.07, 6.45) is 0. The van der Waals surface area contributed by atoms with Crippen LogP contribution in [0.2, 0.25) is 0 Å². The van der Waals surface area contributed by atoms with E-state index in [2.05, 4.69) is 10.6 Å². The van der Waals surface area contributed by atoms with Gasteiger partial charge in [0, 0.05) is 37.0 Å². The minimum atomic E-state index is -4.00. The van der Waals surface area contributed by atoms with Gasteiger partial charge in [-0.3, -0.25) is 19.7 Å². The first kappa shape index (κ1) is 22.0. The molecule has 0 spiro atoms. The maximum atomic E-state index is 12.7. The van der Waals surface area contributed by atoms with Crippen molar-refractivity contribution in [2.24, 2.45) is 0 Å². The third kappa shape index (κ3) is 5.83. The zero-order valence-corrected chi connectivity index (χ0v) is 16.6. The van der Waals surface area contributed by atoms with Crippen molar-refractivity contribution in [3.63, 3.8) is 0 Å². The summed E-state index contributed by atoms with van der Waals surface area (Å²) in [7, 11) is -4.00. The van der Waals surface area contributed by atoms with Crippen LogP contribution < -0.4 is 10.6 Å². The number of anilines is 2. The highest BCUT2D eigenvalue weighted by Gasteiger charge is 2.26. The van der Waals surface area contributed by atoms with Gasteiger partial charge in [-0.05, 0) is 36.4 Å². The molecule has 0 aliphatic rings. The number of carbonyl (C=O) groups excluding carboxylic acids is 2. The zero-order chi connectivity index (χ0) is 21.6. The van der Waals surface area contributed by atoms with Crippen molar-refractivity contribution in [2.75, 3.05) is 23.7 Å². The minimum Gasteiger partial charge on any atom is -0.326 e. The first-order valence-electron chi connectivity index (χ1n) is 8.55. The Morgan fingerprint density at radius 3 is 1.97 bits per heavy atom. The molecule has 0 unspecified atom stereocenters. The van der Waals surface area contributed by atoms with E-state index in [0.29, 0.717) is 11.4 Å². The largest absolute Gasteiger partial charge is 0.326 e. The van der Waals surface area contributed by atoms with Gasteiger partial charge in [-0.1, -0.05) is 6.92 Å². The van der Waals surface area contributed by atoms with Gasteiger partial charge in [0.2, 0.25) is 21.8 Å². The van der Waals surface area contributed by atoms with Crippen molar-refractivity contribution in [2.45, 2.75) is 18.7 Å². The molecule has 2 aromatic carbocycles. The number of hydrogen-bond acceptors (Lipinski definition) is 6. The first-order valence-corrected chi connectivity index (χ1v) is 9.99. The van der Waals surface area contributed by atoms with Gasteiger partial charge in [0.1, 0.15) is 0 Å². The van der Waals surface area contributed by atoms with Gasteiger partial charge < -0.3 is 10.6 Å². The summed E-state index contributed by atoms with van der Waals surface area (Å²) in [4.78, 5) is 33.3. The minimum absolute atomic E-state index is 0.0359. The van der Waals surface area contributed by atoms with Gasteiger partial charge >= 0.3 is 0 Å². The van der Waals surface area contributed by atoms with Gasteiger partial charge in [-0.2, -0.15) is 4.31 Å². The lowest BCUT2D eigenvalue weighted by Gasteiger charge is -2.20. The maximum absolute atomic E-state index is 12.7. The molecule has 154 valence electrons. The number of hydrogen-bond donors (Lipinski definition) is 2. The number of benzene rings is 2. The Bertz CT molecular complexity index is 1000. The summed E-state index contributed by atoms with van der Waals surface area (Å²) >= 11 is 0. The molecule has 0 saturated carbocycles. The Hall–Kier alpha value is -3.31. The predicted molar refractivity (Wildman–Crippen MR) is 107 cm³/mol. The van der Waals surface area contributed by atoms with E-state index >= 15 is 0 Å². The molecule has 0 aromatic heterocycles. The van der Waals surface area contributed by atoms with Crippen molar-refractivity contribution in [3.05, 3.63) is 58.6 Å². The molecule has 2 amide bonds. The second kappa shape index (κ2) is 9.26. The number of nitro groups is 1. The summed E-state index contributed by atoms with van der Waals surface area (Å²) in [5, 5.41) is 15.9. The van der Waals surface area contributed by atoms with Crippen LogP contribution in [0.1, 0.15) is 13.8 Å². The summed E-state index contributed by atoms with van der Waals surface area (Å²) in [6, 6.07) is 10.8. The van der Waals surface area contributed by atoms with E-state index in [1.165, 1.54) is 6.92 Å². The molecular weight excluding hydrogens is 400 g/mol. The zero-order valence-electron chi connectivity index (χ0n) is 15.8. The SMILES string of the molecule is CCN(CC(=O)Nc1ccc(NC(C)=O)cc1)S(=O)(=O)c1ccc([N+](=O)[O-])cc1. The fraction of sp³-hybridized carbons (Fsp3) is 0.222. The molecule has 2 N–H and O–H groups in total. The molecule has 10 nitrogen and oxygen atoms in total. The molecule has 0 fully saturated rings. The summed E-state index contributed by atoms with van der Waals surface area (Å²) in [6.45, 7) is 2.57. The molecule has 0 heterocycles. The van der Waals surface area contributed by atoms with Crippen LogP contribution in [0.4, 0.5) is 17.1 Å². The van der Waals surface area contributed by atoms with Crippen LogP contribution >= 0.6 is 0 Å². The Kier molecular flexibility index (Phi) is 7.02. The van der Waals surface area contributed by atoms with Crippen LogP contribution in [0.3, 0.4) is 0 Å². The number of carbonyl (C=O) groups is 2. The lowest BCUT2D eigenvalue weighted by molar-refractivity contribution is -0.384. The fourth-order valence-corrected chi connectivity index (χ4v) is 3.86. The number of nitro benzene ring substituents is 1. The van der Waals surface area contributed by atoms with Crippen molar-refractivity contribution in [3.8, 4) is 0 Å². The molecule has 0 atom stereocenters. The van der Waals surface area contributed by atoms with Gasteiger partial charge in [0.25, 0.3) is 5.69 Å². The van der Waals surface area contributed by atoms with Crippen molar-refractivity contribution < 1.29 is 22.9 Å². The normalized spacial score (nSPS) is 11.1. The third-order valence-corrected chi connectivity index (χ3v) is 5.78. The van der Waals surface area contributed by atoms with E-state index in [9.17, 15) is 28.1 Å². The number of nitrogens with zero attached hydrogens (tertiary/aromatic N) is 2. The van der Waals surface area contributed by atoms with Gasteiger partial charge in [0.15, 0.2) is 0 Å². The number of sulfonamides is 1. The lowest BCUT2D eigenvalue weighted by atomic mass is 10.2. The predicted octanol–water partition coefficient (Wildman–Crippen LogP) is 2.20. The van der Waals surface area contributed by atoms with Crippen LogP contribution in [-0.2, 0) is 19.6 Å². The van der Waals surface area contributed by atoms with Crippen molar-refractivity contribution in [1.29, 1.82) is 0 Å². The van der Waals surface area contributed by atoms with E-state index in [1.54, 1.807) is 31.2 Å². The Labute approximate surface area is 167 Å². The molecule has 11 heteroatoms. The van der Waals surface area contributed by atoms with E-state index in [1.807, 2.05) is 0 Å². The Balaban J connectivity index is 2.08. The van der Waals surface area contributed by atoms with E-state index in [0.717, 1.165) is 28.6 Å². The van der Waals surface area contributed by atoms with Gasteiger partial charge in [0.05, 0.1) is 16.4 Å². The van der Waals surface area contributed by atoms with Gasteiger partial charge in [-0.15, -0.1) is 0 Å². The first-order chi connectivity index (χ1) is 13.6. The van der Waals surface area contributed by atoms with Crippen molar-refractivity contribution in [1.82, 2.24) is 4.31 Å². The highest BCUT2D eigenvalue weighted by Crippen LogP contribution is 2.20. The van der Waals surface area contributed by atoms with Crippen LogP contribution in [-0.4, -0.2) is 42.6 Å². The number of non-ortho nitro benzene ring substituents is 1. The molecular formula is C18H20N4O6S. The quantitative estimate of drug-likeness (QED) is 0.496. The smallest absolute Gasteiger partial charge is 0.269 e. The summed E-state index contributed by atoms with van der Waals surface area (Å²) < 4.78 is 26.4. The highest BCUT2D eigenvalue weighted by molar-refractivity contribution is 7.89. The topological polar surface area (TPSA) is 139 Å². The molecule has 2 rings (SSSR count). The standard InChI is InChI=1S/C18H20N4O6S/c1-3-21(29(27,28)17-10-8-16(9-11-17)22(25)26)12-18(24)20-15-6-4-14(5-7-15)19-13(2)23/h4-11H,3,12H2,1-2H3,(H,19,23)(H,20,24). The van der Waals surface area contributed by atoms with Crippen LogP contribution in [0.15, 0.2) is 53.4 Å². The third-order valence-electron chi connectivity index (χ3n) is 3.85. The van der Waals surface area contributed by atoms with E-state index in [-0.39, 0.29) is 23.0 Å². The van der Waals surface area contributed by atoms with Crippen LogP contribution in [0.5, 0.6) is 0 Å². The average Bonchev–Trinajstić information content (AvgIpc) is 2.67.